The van der Waals surface area contributed by atoms with Crippen molar-refractivity contribution in [3.8, 4) is 0 Å². The van der Waals surface area contributed by atoms with Gasteiger partial charge in [-0.2, -0.15) is 0 Å². The quantitative estimate of drug-likeness (QED) is 0.730. The number of nitrogens with one attached hydrogen (secondary N) is 1. The van der Waals surface area contributed by atoms with Gasteiger partial charge in [0, 0.05) is 30.3 Å². The lowest BCUT2D eigenvalue weighted by molar-refractivity contribution is -0.120. The summed E-state index contributed by atoms with van der Waals surface area (Å²) in [6, 6.07) is 12.1. The Labute approximate surface area is 169 Å². The molecule has 0 aromatic heterocycles. The molecule has 0 spiro atoms. The van der Waals surface area contributed by atoms with Gasteiger partial charge in [-0.3, -0.25) is 9.59 Å². The van der Waals surface area contributed by atoms with Crippen LogP contribution in [0, 0.1) is 11.7 Å². The van der Waals surface area contributed by atoms with E-state index in [-0.39, 0.29) is 36.5 Å². The second kappa shape index (κ2) is 8.84. The zero-order valence-corrected chi connectivity index (χ0v) is 16.9. The third-order valence-corrected chi connectivity index (χ3v) is 6.87. The van der Waals surface area contributed by atoms with Gasteiger partial charge in [0.05, 0.1) is 5.75 Å². The van der Waals surface area contributed by atoms with E-state index in [1.807, 2.05) is 0 Å². The summed E-state index contributed by atoms with van der Waals surface area (Å²) in [4.78, 5) is 24.0. The molecular formula is C21H23FN2O4S. The molecule has 0 unspecified atom stereocenters. The van der Waals surface area contributed by atoms with Crippen molar-refractivity contribution >= 4 is 27.4 Å². The van der Waals surface area contributed by atoms with Gasteiger partial charge >= 0.3 is 0 Å². The van der Waals surface area contributed by atoms with Crippen LogP contribution >= 0.6 is 0 Å². The zero-order chi connectivity index (χ0) is 21.0. The Morgan fingerprint density at radius 1 is 1.10 bits per heavy atom. The highest BCUT2D eigenvalue weighted by molar-refractivity contribution is 7.88. The molecule has 1 heterocycles. The Kier molecular flexibility index (Phi) is 6.44. The topological polar surface area (TPSA) is 83.6 Å². The number of hydrogen-bond donors (Lipinski definition) is 1. The molecule has 1 N–H and O–H groups in total. The molecular weight excluding hydrogens is 395 g/mol. The van der Waals surface area contributed by atoms with Gasteiger partial charge < -0.3 is 5.32 Å². The summed E-state index contributed by atoms with van der Waals surface area (Å²) in [5.74, 6) is -1.16. The molecule has 1 amide bonds. The van der Waals surface area contributed by atoms with Crippen LogP contribution in [0.25, 0.3) is 0 Å². The molecule has 1 fully saturated rings. The maximum absolute atomic E-state index is 13.0. The van der Waals surface area contributed by atoms with Crippen molar-refractivity contribution in [2.75, 3.05) is 18.4 Å². The van der Waals surface area contributed by atoms with Crippen LogP contribution in [0.3, 0.4) is 0 Å². The Hall–Kier alpha value is -2.58. The number of halogens is 1. The smallest absolute Gasteiger partial charge is 0.227 e. The van der Waals surface area contributed by atoms with Crippen LogP contribution in [0.15, 0.2) is 48.5 Å². The molecule has 1 saturated heterocycles. The number of Topliss-reactive ketones (excluding diaryl/α,β-unsaturated/α-hetero) is 1. The number of nitrogens with zero attached hydrogens (tertiary/aromatic N) is 1. The number of sulfonamides is 1. The SMILES string of the molecule is CC(=O)c1cccc(NC(=O)C2CCN(S(=O)(=O)Cc3ccc(F)cc3)CC2)c1. The van der Waals surface area contributed by atoms with Crippen molar-refractivity contribution in [1.29, 1.82) is 0 Å². The molecule has 0 atom stereocenters. The van der Waals surface area contributed by atoms with Crippen LogP contribution in [-0.4, -0.2) is 37.5 Å². The summed E-state index contributed by atoms with van der Waals surface area (Å²) in [5, 5.41) is 2.81. The number of anilines is 1. The van der Waals surface area contributed by atoms with E-state index in [0.717, 1.165) is 0 Å². The number of rotatable bonds is 6. The molecule has 0 aliphatic carbocycles. The van der Waals surface area contributed by atoms with Crippen molar-refractivity contribution in [2.45, 2.75) is 25.5 Å². The first-order valence-electron chi connectivity index (χ1n) is 9.39. The van der Waals surface area contributed by atoms with Crippen molar-refractivity contribution in [3.05, 3.63) is 65.5 Å². The minimum atomic E-state index is -3.53. The first kappa shape index (κ1) is 21.1. The van der Waals surface area contributed by atoms with Gasteiger partial charge in [-0.15, -0.1) is 0 Å². The maximum atomic E-state index is 13.0. The number of carbonyl (C=O) groups is 2. The monoisotopic (exact) mass is 418 g/mol. The Morgan fingerprint density at radius 3 is 2.38 bits per heavy atom. The predicted octanol–water partition coefficient (Wildman–Crippen LogP) is 3.21. The van der Waals surface area contributed by atoms with Crippen molar-refractivity contribution < 1.29 is 22.4 Å². The van der Waals surface area contributed by atoms with E-state index >= 15 is 0 Å². The Balaban J connectivity index is 1.56. The van der Waals surface area contributed by atoms with E-state index in [1.165, 1.54) is 35.5 Å². The van der Waals surface area contributed by atoms with E-state index in [1.54, 1.807) is 24.3 Å². The number of benzene rings is 2. The Morgan fingerprint density at radius 2 is 1.76 bits per heavy atom. The average Bonchev–Trinajstić information content (AvgIpc) is 2.70. The molecule has 8 heteroatoms. The van der Waals surface area contributed by atoms with Crippen LogP contribution in [0.2, 0.25) is 0 Å². The van der Waals surface area contributed by atoms with Crippen LogP contribution in [0.4, 0.5) is 10.1 Å². The van der Waals surface area contributed by atoms with Crippen LogP contribution in [0.5, 0.6) is 0 Å². The first-order chi connectivity index (χ1) is 13.7. The summed E-state index contributed by atoms with van der Waals surface area (Å²) in [7, 11) is -3.53. The van der Waals surface area contributed by atoms with E-state index in [4.69, 9.17) is 0 Å². The van der Waals surface area contributed by atoms with Crippen LogP contribution < -0.4 is 5.32 Å². The van der Waals surface area contributed by atoms with Gasteiger partial charge in [-0.25, -0.2) is 17.1 Å². The minimum absolute atomic E-state index is 0.0826. The number of ketones is 1. The third-order valence-electron chi connectivity index (χ3n) is 5.02. The maximum Gasteiger partial charge on any atom is 0.227 e. The van der Waals surface area contributed by atoms with E-state index in [9.17, 15) is 22.4 Å². The van der Waals surface area contributed by atoms with Gasteiger partial charge in [0.1, 0.15) is 5.82 Å². The van der Waals surface area contributed by atoms with Gasteiger partial charge in [0.2, 0.25) is 15.9 Å². The molecule has 1 aliphatic rings. The molecule has 1 aliphatic heterocycles. The van der Waals surface area contributed by atoms with Crippen molar-refractivity contribution in [3.63, 3.8) is 0 Å². The molecule has 154 valence electrons. The first-order valence-corrected chi connectivity index (χ1v) is 11.0. The largest absolute Gasteiger partial charge is 0.326 e. The zero-order valence-electron chi connectivity index (χ0n) is 16.1. The van der Waals surface area contributed by atoms with E-state index in [2.05, 4.69) is 5.32 Å². The fourth-order valence-electron chi connectivity index (χ4n) is 3.34. The predicted molar refractivity (Wildman–Crippen MR) is 108 cm³/mol. The van der Waals surface area contributed by atoms with Crippen molar-refractivity contribution in [1.82, 2.24) is 4.31 Å². The average molecular weight is 418 g/mol. The highest BCUT2D eigenvalue weighted by Gasteiger charge is 2.31. The molecule has 0 radical (unpaired) electrons. The van der Waals surface area contributed by atoms with Crippen LogP contribution in [-0.2, 0) is 20.6 Å². The second-order valence-electron chi connectivity index (χ2n) is 7.18. The number of carbonyl (C=O) groups excluding carboxylic acids is 2. The fraction of sp³-hybridized carbons (Fsp3) is 0.333. The van der Waals surface area contributed by atoms with Gasteiger partial charge in [0.15, 0.2) is 5.78 Å². The van der Waals surface area contributed by atoms with Crippen molar-refractivity contribution in [2.24, 2.45) is 5.92 Å². The fourth-order valence-corrected chi connectivity index (χ4v) is 4.90. The molecule has 29 heavy (non-hydrogen) atoms. The van der Waals surface area contributed by atoms with Crippen LogP contribution in [0.1, 0.15) is 35.7 Å². The van der Waals surface area contributed by atoms with Gasteiger partial charge in [0.25, 0.3) is 0 Å². The normalized spacial score (nSPS) is 15.8. The standard InChI is InChI=1S/C21H23FN2O4S/c1-15(25)18-3-2-4-20(13-18)23-21(26)17-9-11-24(12-10-17)29(27,28)14-16-5-7-19(22)8-6-16/h2-8,13,17H,9-12,14H2,1H3,(H,23,26). The molecule has 2 aromatic rings. The summed E-state index contributed by atoms with van der Waals surface area (Å²) in [5.41, 5.74) is 1.59. The number of piperidine rings is 1. The number of hydrogen-bond acceptors (Lipinski definition) is 4. The third kappa shape index (κ3) is 5.48. The van der Waals surface area contributed by atoms with Gasteiger partial charge in [-0.1, -0.05) is 24.3 Å². The second-order valence-corrected chi connectivity index (χ2v) is 9.15. The Bertz CT molecular complexity index is 998. The molecule has 3 rings (SSSR count). The number of amides is 1. The molecule has 0 bridgehead atoms. The van der Waals surface area contributed by atoms with Gasteiger partial charge in [-0.05, 0) is 49.6 Å². The lowest BCUT2D eigenvalue weighted by atomic mass is 9.97. The summed E-state index contributed by atoms with van der Waals surface area (Å²) in [6.07, 6.45) is 0.835. The molecule has 6 nitrogen and oxygen atoms in total. The minimum Gasteiger partial charge on any atom is -0.326 e. The lowest BCUT2D eigenvalue weighted by Crippen LogP contribution is -2.41. The highest BCUT2D eigenvalue weighted by Crippen LogP contribution is 2.23. The molecule has 0 saturated carbocycles. The van der Waals surface area contributed by atoms with E-state index in [0.29, 0.717) is 29.7 Å². The van der Waals surface area contributed by atoms with E-state index < -0.39 is 15.8 Å². The summed E-state index contributed by atoms with van der Waals surface area (Å²) < 4.78 is 39.6. The lowest BCUT2D eigenvalue weighted by Gasteiger charge is -2.30. The summed E-state index contributed by atoms with van der Waals surface area (Å²) in [6.45, 7) is 1.98. The summed E-state index contributed by atoms with van der Waals surface area (Å²) >= 11 is 0. The highest BCUT2D eigenvalue weighted by atomic mass is 32.2. The molecule has 2 aromatic carbocycles.